The van der Waals surface area contributed by atoms with Crippen molar-refractivity contribution in [1.82, 2.24) is 9.97 Å². The molecule has 1 aromatic carbocycles. The molecule has 0 radical (unpaired) electrons. The monoisotopic (exact) mass is 458 g/mol. The van der Waals surface area contributed by atoms with Crippen LogP contribution in [0.15, 0.2) is 35.4 Å². The SMILES string of the molecule is O=[S@]1CCN(C2(CO)CCC2)c2nc(N3CC4CC(C3)C4c3ccc(Cl)cc3)ncc21. The maximum atomic E-state index is 12.6. The van der Waals surface area contributed by atoms with Crippen LogP contribution < -0.4 is 9.80 Å². The minimum absolute atomic E-state index is 0.120. The number of hydrogen-bond acceptors (Lipinski definition) is 6. The number of fused-ring (bicyclic) bond motifs is 3. The molecule has 164 valence electrons. The minimum atomic E-state index is -1.07. The molecule has 4 heterocycles. The molecular formula is C23H27ClN4O2S. The zero-order chi connectivity index (χ0) is 21.2. The summed E-state index contributed by atoms with van der Waals surface area (Å²) in [6, 6.07) is 8.30. The fourth-order valence-corrected chi connectivity index (χ4v) is 7.31. The number of aliphatic hydroxyl groups excluding tert-OH is 1. The maximum absolute atomic E-state index is 12.6. The number of aliphatic hydroxyl groups is 1. The quantitative estimate of drug-likeness (QED) is 0.758. The van der Waals surface area contributed by atoms with Gasteiger partial charge in [0.2, 0.25) is 5.95 Å². The largest absolute Gasteiger partial charge is 0.394 e. The molecule has 1 N–H and O–H groups in total. The van der Waals surface area contributed by atoms with Crippen molar-refractivity contribution in [1.29, 1.82) is 0 Å². The zero-order valence-electron chi connectivity index (χ0n) is 17.4. The van der Waals surface area contributed by atoms with E-state index in [0.717, 1.165) is 54.0 Å². The molecule has 2 saturated heterocycles. The van der Waals surface area contributed by atoms with Gasteiger partial charge in [-0.05, 0) is 61.1 Å². The highest BCUT2D eigenvalue weighted by Crippen LogP contribution is 2.52. The van der Waals surface area contributed by atoms with Crippen LogP contribution in [-0.4, -0.2) is 56.8 Å². The van der Waals surface area contributed by atoms with E-state index in [9.17, 15) is 9.32 Å². The molecule has 31 heavy (non-hydrogen) atoms. The Labute approximate surface area is 190 Å². The molecule has 2 aromatic rings. The maximum Gasteiger partial charge on any atom is 0.227 e. The van der Waals surface area contributed by atoms with Crippen molar-refractivity contribution in [2.24, 2.45) is 11.8 Å². The van der Waals surface area contributed by atoms with Crippen LogP contribution in [-0.2, 0) is 10.8 Å². The van der Waals surface area contributed by atoms with Gasteiger partial charge in [0.25, 0.3) is 0 Å². The van der Waals surface area contributed by atoms with Gasteiger partial charge in [0, 0.05) is 30.4 Å². The fraction of sp³-hybridized carbons (Fsp3) is 0.565. The molecule has 7 rings (SSSR count). The summed E-state index contributed by atoms with van der Waals surface area (Å²) in [5, 5.41) is 10.9. The smallest absolute Gasteiger partial charge is 0.227 e. The Morgan fingerprint density at radius 1 is 1.19 bits per heavy atom. The third kappa shape index (κ3) is 3.11. The lowest BCUT2D eigenvalue weighted by Gasteiger charge is -2.54. The molecule has 3 atom stereocenters. The lowest BCUT2D eigenvalue weighted by molar-refractivity contribution is 0.110. The van der Waals surface area contributed by atoms with Gasteiger partial charge in [-0.1, -0.05) is 23.7 Å². The first-order valence-corrected chi connectivity index (χ1v) is 12.9. The Morgan fingerprint density at radius 2 is 1.94 bits per heavy atom. The van der Waals surface area contributed by atoms with E-state index in [2.05, 4.69) is 26.9 Å². The Kier molecular flexibility index (Phi) is 4.78. The summed E-state index contributed by atoms with van der Waals surface area (Å²) in [6.45, 7) is 2.68. The standard InChI is InChI=1S/C23H27ClN4O2S/c24-18-4-2-15(3-5-18)20-16-10-17(20)13-27(12-16)22-25-11-19-21(26-22)28(8-9-31(19)30)23(14-29)6-1-7-23/h2-5,11,16-17,20,29H,1,6-10,12-14H2/t16?,17?,20?,31-/m0/s1. The van der Waals surface area contributed by atoms with Crippen molar-refractivity contribution in [2.75, 3.05) is 41.8 Å². The van der Waals surface area contributed by atoms with Crippen LogP contribution in [0.4, 0.5) is 11.8 Å². The second-order valence-corrected chi connectivity index (χ2v) is 11.5. The van der Waals surface area contributed by atoms with Gasteiger partial charge in [0.1, 0.15) is 0 Å². The highest BCUT2D eigenvalue weighted by molar-refractivity contribution is 7.85. The Morgan fingerprint density at radius 3 is 2.58 bits per heavy atom. The number of piperidine rings is 2. The van der Waals surface area contributed by atoms with Gasteiger partial charge >= 0.3 is 0 Å². The van der Waals surface area contributed by atoms with Crippen molar-refractivity contribution < 1.29 is 9.32 Å². The minimum Gasteiger partial charge on any atom is -0.394 e. The van der Waals surface area contributed by atoms with Crippen molar-refractivity contribution >= 4 is 34.2 Å². The molecule has 0 spiro atoms. The van der Waals surface area contributed by atoms with E-state index in [0.29, 0.717) is 30.1 Å². The summed E-state index contributed by atoms with van der Waals surface area (Å²) in [5.41, 5.74) is 1.14. The number of anilines is 2. The number of hydrogen-bond donors (Lipinski definition) is 1. The Hall–Kier alpha value is -1.70. The summed E-state index contributed by atoms with van der Waals surface area (Å²) < 4.78 is 12.6. The molecule has 0 amide bonds. The predicted molar refractivity (Wildman–Crippen MR) is 122 cm³/mol. The summed E-state index contributed by atoms with van der Waals surface area (Å²) in [5.74, 6) is 3.87. The fourth-order valence-electron chi connectivity index (χ4n) is 6.09. The van der Waals surface area contributed by atoms with Gasteiger partial charge in [-0.25, -0.2) is 4.98 Å². The average molecular weight is 459 g/mol. The van der Waals surface area contributed by atoms with Crippen LogP contribution in [0.3, 0.4) is 0 Å². The first-order valence-electron chi connectivity index (χ1n) is 11.2. The summed E-state index contributed by atoms with van der Waals surface area (Å²) in [6.07, 6.45) is 6.06. The molecule has 2 bridgehead atoms. The number of nitrogens with zero attached hydrogens (tertiary/aromatic N) is 4. The van der Waals surface area contributed by atoms with Gasteiger partial charge in [-0.15, -0.1) is 0 Å². The van der Waals surface area contributed by atoms with Gasteiger partial charge in [-0.2, -0.15) is 4.98 Å². The van der Waals surface area contributed by atoms with E-state index < -0.39 is 10.8 Å². The summed E-state index contributed by atoms with van der Waals surface area (Å²) >= 11 is 6.07. The van der Waals surface area contributed by atoms with Gasteiger partial charge in [-0.3, -0.25) is 4.21 Å². The molecule has 2 saturated carbocycles. The number of benzene rings is 1. The van der Waals surface area contributed by atoms with Crippen molar-refractivity contribution in [3.8, 4) is 0 Å². The molecular weight excluding hydrogens is 432 g/mol. The highest BCUT2D eigenvalue weighted by atomic mass is 35.5. The van der Waals surface area contributed by atoms with Gasteiger partial charge in [0.15, 0.2) is 5.82 Å². The van der Waals surface area contributed by atoms with Crippen LogP contribution in [0.1, 0.15) is 37.2 Å². The highest BCUT2D eigenvalue weighted by Gasteiger charge is 2.49. The molecule has 8 heteroatoms. The van der Waals surface area contributed by atoms with Crippen LogP contribution in [0.5, 0.6) is 0 Å². The van der Waals surface area contributed by atoms with Crippen LogP contribution >= 0.6 is 11.6 Å². The van der Waals surface area contributed by atoms with Crippen LogP contribution in [0, 0.1) is 11.8 Å². The summed E-state index contributed by atoms with van der Waals surface area (Å²) in [7, 11) is -1.07. The van der Waals surface area contributed by atoms with Gasteiger partial charge < -0.3 is 14.9 Å². The van der Waals surface area contributed by atoms with E-state index in [4.69, 9.17) is 16.6 Å². The Balaban J connectivity index is 1.26. The third-order valence-electron chi connectivity index (χ3n) is 7.94. The number of halogens is 1. The third-order valence-corrected chi connectivity index (χ3v) is 9.53. The van der Waals surface area contributed by atoms with E-state index >= 15 is 0 Å². The van der Waals surface area contributed by atoms with E-state index in [1.165, 1.54) is 12.0 Å². The van der Waals surface area contributed by atoms with E-state index in [1.54, 1.807) is 6.20 Å². The molecule has 6 nitrogen and oxygen atoms in total. The predicted octanol–water partition coefficient (Wildman–Crippen LogP) is 3.21. The normalized spacial score (nSPS) is 30.9. The molecule has 2 aliphatic carbocycles. The first-order chi connectivity index (χ1) is 15.1. The van der Waals surface area contributed by atoms with Crippen molar-refractivity contribution in [3.05, 3.63) is 41.0 Å². The lowest BCUT2D eigenvalue weighted by Crippen LogP contribution is -2.59. The second-order valence-electron chi connectivity index (χ2n) is 9.53. The zero-order valence-corrected chi connectivity index (χ0v) is 19.0. The van der Waals surface area contributed by atoms with Crippen molar-refractivity contribution in [2.45, 2.75) is 42.0 Å². The number of rotatable bonds is 4. The second kappa shape index (κ2) is 7.42. The van der Waals surface area contributed by atoms with E-state index in [1.807, 2.05) is 12.1 Å². The van der Waals surface area contributed by atoms with Crippen LogP contribution in [0.2, 0.25) is 5.02 Å². The average Bonchev–Trinajstić information content (AvgIpc) is 2.76. The molecule has 1 aromatic heterocycles. The van der Waals surface area contributed by atoms with Crippen molar-refractivity contribution in [3.63, 3.8) is 0 Å². The molecule has 5 aliphatic rings. The molecule has 3 aliphatic heterocycles. The van der Waals surface area contributed by atoms with Crippen LogP contribution in [0.25, 0.3) is 0 Å². The van der Waals surface area contributed by atoms with E-state index in [-0.39, 0.29) is 12.1 Å². The molecule has 2 unspecified atom stereocenters. The summed E-state index contributed by atoms with van der Waals surface area (Å²) in [4.78, 5) is 14.8. The molecule has 4 fully saturated rings. The first kappa shape index (κ1) is 19.9. The lowest BCUT2D eigenvalue weighted by atomic mass is 9.59. The topological polar surface area (TPSA) is 69.6 Å². The Bertz CT molecular complexity index is 1010. The van der Waals surface area contributed by atoms with Gasteiger partial charge in [0.05, 0.1) is 34.0 Å². The number of aromatic nitrogens is 2.